The molecule has 0 atom stereocenters. The first-order valence-electron chi connectivity index (χ1n) is 5.39. The van der Waals surface area contributed by atoms with Gasteiger partial charge in [0.25, 0.3) is 0 Å². The number of aromatic nitrogens is 2. The van der Waals surface area contributed by atoms with Crippen LogP contribution >= 0.6 is 12.6 Å². The number of esters is 1. The van der Waals surface area contributed by atoms with Gasteiger partial charge in [-0.1, -0.05) is 0 Å². The lowest BCUT2D eigenvalue weighted by atomic mass is 10.2. The zero-order chi connectivity index (χ0) is 13.8. The Morgan fingerprint density at radius 3 is 2.67 bits per heavy atom. The van der Waals surface area contributed by atoms with Gasteiger partial charge in [-0.15, -0.1) is 0 Å². The fourth-order valence-corrected chi connectivity index (χ4v) is 1.15. The van der Waals surface area contributed by atoms with Gasteiger partial charge in [-0.05, 0) is 20.8 Å². The van der Waals surface area contributed by atoms with Gasteiger partial charge >= 0.3 is 12.1 Å². The van der Waals surface area contributed by atoms with Crippen LogP contribution in [0.2, 0.25) is 0 Å². The van der Waals surface area contributed by atoms with Crippen molar-refractivity contribution in [1.29, 1.82) is 0 Å². The van der Waals surface area contributed by atoms with Crippen LogP contribution in [0.1, 0.15) is 31.3 Å². The van der Waals surface area contributed by atoms with Crippen LogP contribution in [0.4, 0.5) is 4.79 Å². The lowest BCUT2D eigenvalue weighted by Crippen LogP contribution is -2.26. The zero-order valence-corrected chi connectivity index (χ0v) is 11.4. The van der Waals surface area contributed by atoms with Crippen LogP contribution in [0.15, 0.2) is 12.5 Å². The molecule has 0 fully saturated rings. The molecule has 0 spiro atoms. The van der Waals surface area contributed by atoms with E-state index in [1.54, 1.807) is 20.8 Å². The second-order valence-electron chi connectivity index (χ2n) is 4.51. The van der Waals surface area contributed by atoms with Gasteiger partial charge in [0.15, 0.2) is 5.69 Å². The number of carbonyl (C=O) groups is 2. The molecule has 0 saturated heterocycles. The van der Waals surface area contributed by atoms with Crippen molar-refractivity contribution in [2.24, 2.45) is 0 Å². The molecule has 0 N–H and O–H groups in total. The van der Waals surface area contributed by atoms with Crippen LogP contribution in [0.5, 0.6) is 0 Å². The highest BCUT2D eigenvalue weighted by Crippen LogP contribution is 2.09. The molecular formula is C11H16N2O4S. The van der Waals surface area contributed by atoms with Gasteiger partial charge in [0, 0.05) is 11.9 Å². The number of hydrogen-bond donors (Lipinski definition) is 1. The highest BCUT2D eigenvalue weighted by molar-refractivity contribution is 7.80. The molecule has 18 heavy (non-hydrogen) atoms. The Balaban J connectivity index is 2.68. The summed E-state index contributed by atoms with van der Waals surface area (Å²) in [5, 5.41) is 0. The molecule has 0 radical (unpaired) electrons. The van der Waals surface area contributed by atoms with Crippen molar-refractivity contribution < 1.29 is 19.1 Å². The Labute approximate surface area is 111 Å². The van der Waals surface area contributed by atoms with E-state index < -0.39 is 17.7 Å². The first kappa shape index (κ1) is 14.6. The summed E-state index contributed by atoms with van der Waals surface area (Å²) in [5.41, 5.74) is -0.545. The van der Waals surface area contributed by atoms with Gasteiger partial charge in [-0.25, -0.2) is 19.1 Å². The lowest BCUT2D eigenvalue weighted by molar-refractivity contribution is 0.0524. The molecule has 0 aliphatic carbocycles. The number of rotatable bonds is 3. The molecule has 1 aromatic heterocycles. The van der Waals surface area contributed by atoms with E-state index in [0.717, 1.165) is 4.57 Å². The van der Waals surface area contributed by atoms with Crippen molar-refractivity contribution in [3.05, 3.63) is 18.2 Å². The predicted molar refractivity (Wildman–Crippen MR) is 68.0 cm³/mol. The third kappa shape index (κ3) is 4.40. The molecule has 100 valence electrons. The van der Waals surface area contributed by atoms with E-state index in [4.69, 9.17) is 9.47 Å². The Bertz CT molecular complexity index is 436. The summed E-state index contributed by atoms with van der Waals surface area (Å²) in [4.78, 5) is 26.9. The minimum Gasteiger partial charge on any atom is -0.460 e. The number of hydrogen-bond acceptors (Lipinski definition) is 6. The quantitative estimate of drug-likeness (QED) is 0.670. The van der Waals surface area contributed by atoms with E-state index in [-0.39, 0.29) is 12.3 Å². The van der Waals surface area contributed by atoms with Crippen molar-refractivity contribution >= 4 is 24.7 Å². The van der Waals surface area contributed by atoms with Crippen LogP contribution in [0.3, 0.4) is 0 Å². The molecular weight excluding hydrogens is 256 g/mol. The average molecular weight is 272 g/mol. The summed E-state index contributed by atoms with van der Waals surface area (Å²) in [7, 11) is 0. The third-order valence-electron chi connectivity index (χ3n) is 1.72. The predicted octanol–water partition coefficient (Wildman–Crippen LogP) is 1.75. The Hall–Kier alpha value is -1.50. The fourth-order valence-electron chi connectivity index (χ4n) is 1.05. The van der Waals surface area contributed by atoms with Crippen LogP contribution < -0.4 is 0 Å². The summed E-state index contributed by atoms with van der Waals surface area (Å²) >= 11 is 3.92. The molecule has 0 aliphatic heterocycles. The minimum atomic E-state index is -0.603. The SMILES string of the molecule is CC(C)(C)OC(=O)n1cnc(C(=O)OCCS)c1. The van der Waals surface area contributed by atoms with Crippen molar-refractivity contribution in [2.75, 3.05) is 12.4 Å². The highest BCUT2D eigenvalue weighted by Gasteiger charge is 2.19. The largest absolute Gasteiger partial charge is 0.460 e. The Kier molecular flexibility index (Phi) is 4.77. The average Bonchev–Trinajstić information content (AvgIpc) is 2.72. The number of nitrogens with zero attached hydrogens (tertiary/aromatic N) is 2. The van der Waals surface area contributed by atoms with Gasteiger partial charge in [0.2, 0.25) is 0 Å². The Morgan fingerprint density at radius 1 is 1.44 bits per heavy atom. The van der Waals surface area contributed by atoms with E-state index in [1.807, 2.05) is 0 Å². The maximum absolute atomic E-state index is 11.6. The van der Waals surface area contributed by atoms with Gasteiger partial charge in [-0.2, -0.15) is 12.6 Å². The standard InChI is InChI=1S/C11H16N2O4S/c1-11(2,3)17-10(15)13-6-8(12-7-13)9(14)16-4-5-18/h6-7,18H,4-5H2,1-3H3. The first-order chi connectivity index (χ1) is 8.33. The van der Waals surface area contributed by atoms with Gasteiger partial charge in [-0.3, -0.25) is 0 Å². The summed E-state index contributed by atoms with van der Waals surface area (Å²) in [6.45, 7) is 5.46. The summed E-state index contributed by atoms with van der Waals surface area (Å²) in [5.74, 6) is -0.162. The van der Waals surface area contributed by atoms with Crippen molar-refractivity contribution in [1.82, 2.24) is 9.55 Å². The molecule has 1 heterocycles. The van der Waals surface area contributed by atoms with E-state index in [1.165, 1.54) is 12.5 Å². The Morgan fingerprint density at radius 2 is 2.11 bits per heavy atom. The minimum absolute atomic E-state index is 0.0580. The van der Waals surface area contributed by atoms with Crippen molar-refractivity contribution in [2.45, 2.75) is 26.4 Å². The molecule has 0 amide bonds. The van der Waals surface area contributed by atoms with Crippen LogP contribution in [-0.2, 0) is 9.47 Å². The second kappa shape index (κ2) is 5.90. The van der Waals surface area contributed by atoms with Crippen LogP contribution in [-0.4, -0.2) is 39.6 Å². The van der Waals surface area contributed by atoms with E-state index in [2.05, 4.69) is 17.6 Å². The van der Waals surface area contributed by atoms with Crippen molar-refractivity contribution in [3.63, 3.8) is 0 Å². The summed E-state index contributed by atoms with van der Waals surface area (Å²) < 4.78 is 11.0. The van der Waals surface area contributed by atoms with E-state index in [0.29, 0.717) is 5.75 Å². The van der Waals surface area contributed by atoms with E-state index in [9.17, 15) is 9.59 Å². The monoisotopic (exact) mass is 272 g/mol. The maximum atomic E-state index is 11.6. The lowest BCUT2D eigenvalue weighted by Gasteiger charge is -2.18. The fraction of sp³-hybridized carbons (Fsp3) is 0.545. The molecule has 0 bridgehead atoms. The number of ether oxygens (including phenoxy) is 2. The summed E-state index contributed by atoms with van der Waals surface area (Å²) in [6, 6.07) is 0. The topological polar surface area (TPSA) is 70.4 Å². The third-order valence-corrected chi connectivity index (χ3v) is 1.90. The van der Waals surface area contributed by atoms with Crippen LogP contribution in [0, 0.1) is 0 Å². The highest BCUT2D eigenvalue weighted by atomic mass is 32.1. The molecule has 0 unspecified atom stereocenters. The first-order valence-corrected chi connectivity index (χ1v) is 6.02. The van der Waals surface area contributed by atoms with E-state index >= 15 is 0 Å². The summed E-state index contributed by atoms with van der Waals surface area (Å²) in [6.07, 6.45) is 1.89. The van der Waals surface area contributed by atoms with Gasteiger partial charge in [0.05, 0.1) is 0 Å². The molecule has 0 aliphatic rings. The van der Waals surface area contributed by atoms with Crippen LogP contribution in [0.25, 0.3) is 0 Å². The molecule has 7 heteroatoms. The molecule has 1 aromatic rings. The van der Waals surface area contributed by atoms with Gasteiger partial charge < -0.3 is 9.47 Å². The molecule has 6 nitrogen and oxygen atoms in total. The maximum Gasteiger partial charge on any atom is 0.419 e. The smallest absolute Gasteiger partial charge is 0.419 e. The number of imidazole rings is 1. The molecule has 0 aromatic carbocycles. The number of thiol groups is 1. The zero-order valence-electron chi connectivity index (χ0n) is 10.5. The number of carbonyl (C=O) groups excluding carboxylic acids is 2. The van der Waals surface area contributed by atoms with Gasteiger partial charge in [0.1, 0.15) is 18.5 Å². The molecule has 0 saturated carbocycles. The van der Waals surface area contributed by atoms with Crippen molar-refractivity contribution in [3.8, 4) is 0 Å². The molecule has 1 rings (SSSR count). The second-order valence-corrected chi connectivity index (χ2v) is 4.95. The normalized spacial score (nSPS) is 11.1.